The third-order valence-electron chi connectivity index (χ3n) is 21.7. The van der Waals surface area contributed by atoms with Crippen LogP contribution in [0.3, 0.4) is 0 Å². The first-order valence-electron chi connectivity index (χ1n) is 37.3. The minimum Gasteiger partial charge on any atom is -0.462 e. The maximum atomic E-state index is 13.9. The van der Waals surface area contributed by atoms with E-state index < -0.39 is 336 Å². The molecule has 118 heavy (non-hydrogen) atoms. The zero-order chi connectivity index (χ0) is 85.6. The summed E-state index contributed by atoms with van der Waals surface area (Å²) in [5.41, 5.74) is 1.25. The van der Waals surface area contributed by atoms with Crippen molar-refractivity contribution in [3.63, 3.8) is 0 Å². The first kappa shape index (κ1) is 92.7. The smallest absolute Gasteiger partial charge is 0.321 e. The molecule has 0 radical (unpaired) electrons. The molecular formula is C69H100N2O45S2. The van der Waals surface area contributed by atoms with E-state index in [-0.39, 0.29) is 10.3 Å². The second kappa shape index (κ2) is 38.9. The van der Waals surface area contributed by atoms with Crippen molar-refractivity contribution in [1.82, 2.24) is 4.72 Å². The van der Waals surface area contributed by atoms with Crippen LogP contribution in [0.25, 0.3) is 10.8 Å². The number of nitrogens with zero attached hydrogens (tertiary/aromatic N) is 1. The van der Waals surface area contributed by atoms with Crippen molar-refractivity contribution in [2.45, 2.75) is 262 Å². The summed E-state index contributed by atoms with van der Waals surface area (Å²) in [5.74, 6) is -1.36. The van der Waals surface area contributed by atoms with Crippen molar-refractivity contribution in [2.24, 2.45) is 0 Å². The minimum absolute atomic E-state index is 0.252. The number of hydrogen-bond acceptors (Lipinski definition) is 46. The second-order valence-electron chi connectivity index (χ2n) is 29.7. The van der Waals surface area contributed by atoms with Crippen molar-refractivity contribution >= 4 is 42.6 Å². The van der Waals surface area contributed by atoms with E-state index in [9.17, 15) is 134 Å². The fraction of sp³-hybridized carbons (Fsp3) is 0.754. The van der Waals surface area contributed by atoms with Crippen molar-refractivity contribution < 1.29 is 219 Å². The van der Waals surface area contributed by atoms with Gasteiger partial charge in [0.15, 0.2) is 50.3 Å². The Hall–Kier alpha value is -4.51. The monoisotopic (exact) mass is 1740 g/mol. The molecule has 3 aromatic rings. The summed E-state index contributed by atoms with van der Waals surface area (Å²) in [6, 6.07) is 14.4. The standard InChI is InChI=1S/C69H100N2O45S2/c1-23-10-12-24(13-11-23)118(97,98)100-22-35-61-45(86)53(94)69(108-35)114-59-32(19-76)104-65(49(90)41(59)82)111-56-30(17-74)102-63(47(88)39(56)80)109-54-28(15-72)101-62(46(87)38(54)79)110-55-29(16-73)103-64(48(89)40(55)81)112-57-31(18-75)105-66(50(91)42(57)83)115-60-34(107-68(52(93)44(60)85)113-58-33(20-77)106-67(116-61)51(92)43(58)84)21-99-37(78)14-70-117(95,96)36-9-5-6-25-26(36)7-4-8-27(25)71(2)3/h4-13,28-35,38-70,72-77,79-94H,14-22H2,1-3H3/t28-,29-,30-,31-,32-,33-,34-,35-,38-,39-,40-,41-,42-,43-,44-,45-,46-,47-,48-,49-,50-,51-,52-,53-,54-,55-,56-,57-,58-,59-,60-,61-,62-,63-,64-,65-,66-,67-,68-,69-/m1/s1. The average molecular weight is 1740 g/mol. The molecule has 3 aromatic carbocycles. The number of fused-ring (bicyclic) bond motifs is 1. The van der Waals surface area contributed by atoms with Crippen LogP contribution in [0.1, 0.15) is 5.56 Å². The number of nitrogens with one attached hydrogen (secondary N) is 1. The van der Waals surface area contributed by atoms with Gasteiger partial charge in [-0.2, -0.15) is 13.1 Å². The number of ether oxygens (including phenoxy) is 17. The Morgan fingerprint density at radius 3 is 0.898 bits per heavy atom. The number of benzene rings is 3. The number of aliphatic hydroxyl groups is 22. The predicted octanol–water partition coefficient (Wildman–Crippen LogP) is -13.9. The summed E-state index contributed by atoms with van der Waals surface area (Å²) >= 11 is 0. The van der Waals surface area contributed by atoms with Gasteiger partial charge in [-0.25, -0.2) is 8.42 Å². The molecule has 30 heterocycles. The topological polar surface area (TPSA) is 712 Å². The van der Waals surface area contributed by atoms with E-state index in [2.05, 4.69) is 4.72 Å². The Bertz CT molecular complexity index is 3990. The normalized spacial score (nSPS) is 44.5. The lowest BCUT2D eigenvalue weighted by Crippen LogP contribution is -2.69. The van der Waals surface area contributed by atoms with Crippen LogP contribution in [-0.4, -0.2) is 454 Å². The Balaban J connectivity index is 0.844. The van der Waals surface area contributed by atoms with Gasteiger partial charge in [-0.15, -0.1) is 0 Å². The molecule has 0 saturated carbocycles. The van der Waals surface area contributed by atoms with Gasteiger partial charge in [0, 0.05) is 30.6 Å². The van der Waals surface area contributed by atoms with Gasteiger partial charge in [-0.3, -0.25) is 8.98 Å². The molecule has 0 aliphatic carbocycles. The van der Waals surface area contributed by atoms with Gasteiger partial charge in [0.1, 0.15) is 208 Å². The molecule has 0 spiro atoms. The molecule has 0 aromatic heterocycles. The lowest BCUT2D eigenvalue weighted by Gasteiger charge is -2.50. The first-order chi connectivity index (χ1) is 56.0. The third-order valence-corrected chi connectivity index (χ3v) is 24.4. The Kier molecular flexibility index (Phi) is 30.6. The molecule has 30 aliphatic rings. The molecule has 30 fully saturated rings. The molecule has 0 unspecified atom stereocenters. The number of carbonyl (C=O) groups is 1. The summed E-state index contributed by atoms with van der Waals surface area (Å²) in [5, 5.41) is 253. The number of sulfonamides is 1. The highest BCUT2D eigenvalue weighted by molar-refractivity contribution is 7.89. The van der Waals surface area contributed by atoms with Gasteiger partial charge in [0.2, 0.25) is 10.0 Å². The number of aliphatic hydroxyl groups excluding tert-OH is 22. The number of esters is 1. The number of hydrogen-bond donors (Lipinski definition) is 23. The maximum absolute atomic E-state index is 13.9. The van der Waals surface area contributed by atoms with E-state index in [0.717, 1.165) is 12.1 Å². The molecule has 16 bridgehead atoms. The molecule has 668 valence electrons. The fourth-order valence-corrected chi connectivity index (χ4v) is 17.3. The van der Waals surface area contributed by atoms with E-state index in [0.29, 0.717) is 16.6 Å². The Labute approximate surface area is 670 Å². The van der Waals surface area contributed by atoms with Crippen molar-refractivity contribution in [2.75, 3.05) is 78.4 Å². The van der Waals surface area contributed by atoms with Crippen molar-refractivity contribution in [1.29, 1.82) is 0 Å². The van der Waals surface area contributed by atoms with E-state index >= 15 is 0 Å². The van der Waals surface area contributed by atoms with Crippen LogP contribution in [0, 0.1) is 6.92 Å². The van der Waals surface area contributed by atoms with Gasteiger partial charge >= 0.3 is 5.97 Å². The highest BCUT2D eigenvalue weighted by Gasteiger charge is 2.61. The zero-order valence-electron chi connectivity index (χ0n) is 62.7. The molecule has 30 saturated heterocycles. The Morgan fingerprint density at radius 1 is 0.347 bits per heavy atom. The zero-order valence-corrected chi connectivity index (χ0v) is 64.4. The van der Waals surface area contributed by atoms with Crippen LogP contribution in [-0.2, 0) is 110 Å². The number of carbonyl (C=O) groups excluding carboxylic acids is 1. The summed E-state index contributed by atoms with van der Waals surface area (Å²) in [6.45, 7) is -8.90. The number of anilines is 1. The lowest BCUT2D eigenvalue weighted by molar-refractivity contribution is -0.404. The van der Waals surface area contributed by atoms with Crippen LogP contribution < -0.4 is 9.62 Å². The van der Waals surface area contributed by atoms with Gasteiger partial charge in [0.05, 0.1) is 56.0 Å². The van der Waals surface area contributed by atoms with Crippen LogP contribution in [0.2, 0.25) is 0 Å². The van der Waals surface area contributed by atoms with E-state index in [1.165, 1.54) is 30.3 Å². The van der Waals surface area contributed by atoms with Crippen molar-refractivity contribution in [3.05, 3.63) is 66.2 Å². The van der Waals surface area contributed by atoms with Crippen molar-refractivity contribution in [3.8, 4) is 0 Å². The van der Waals surface area contributed by atoms with E-state index in [1.54, 1.807) is 44.1 Å². The molecule has 33 rings (SSSR count). The van der Waals surface area contributed by atoms with E-state index in [1.807, 2.05) is 0 Å². The third kappa shape index (κ3) is 19.2. The van der Waals surface area contributed by atoms with Crippen LogP contribution in [0.5, 0.6) is 0 Å². The molecular weight excluding hydrogens is 1640 g/mol. The summed E-state index contributed by atoms with van der Waals surface area (Å²) in [7, 11) is -5.94. The highest BCUT2D eigenvalue weighted by Crippen LogP contribution is 2.41. The molecule has 49 heteroatoms. The van der Waals surface area contributed by atoms with Gasteiger partial charge in [0.25, 0.3) is 10.1 Å². The fourth-order valence-electron chi connectivity index (χ4n) is 15.2. The van der Waals surface area contributed by atoms with Gasteiger partial charge < -0.3 is 198 Å². The van der Waals surface area contributed by atoms with Gasteiger partial charge in [-0.05, 0) is 31.2 Å². The quantitative estimate of drug-likeness (QED) is 0.0441. The molecule has 0 amide bonds. The Morgan fingerprint density at radius 2 is 0.610 bits per heavy atom. The summed E-state index contributed by atoms with van der Waals surface area (Å²) < 4.78 is 162. The molecule has 30 aliphatic heterocycles. The van der Waals surface area contributed by atoms with E-state index in [4.69, 9.17) is 84.7 Å². The largest absolute Gasteiger partial charge is 0.462 e. The minimum atomic E-state index is -4.83. The van der Waals surface area contributed by atoms with Crippen LogP contribution >= 0.6 is 0 Å². The van der Waals surface area contributed by atoms with Crippen LogP contribution in [0.4, 0.5) is 5.69 Å². The predicted molar refractivity (Wildman–Crippen MR) is 376 cm³/mol. The number of aryl methyl sites for hydroxylation is 1. The molecule has 40 atom stereocenters. The first-order valence-corrected chi connectivity index (χ1v) is 40.2. The maximum Gasteiger partial charge on any atom is 0.321 e. The van der Waals surface area contributed by atoms with Crippen LogP contribution in [0.15, 0.2) is 70.5 Å². The number of rotatable bonds is 17. The second-order valence-corrected chi connectivity index (χ2v) is 33.0. The summed E-state index contributed by atoms with van der Waals surface area (Å²) in [4.78, 5) is 14.8. The molecule has 47 nitrogen and oxygen atoms in total. The summed E-state index contributed by atoms with van der Waals surface area (Å²) in [6.07, 6.45) is -88.4. The lowest BCUT2D eigenvalue weighted by atomic mass is 9.94. The molecule has 23 N–H and O–H groups in total. The average Bonchev–Trinajstić information content (AvgIpc) is 0.777. The highest BCUT2D eigenvalue weighted by atomic mass is 32.2. The SMILES string of the molecule is Cc1ccc(S(=O)(=O)OC[C@H]2O[C@@H]3O[C@H]4[C@H](O)[C@@H](O)[C@@H](O[C@H]5[C@H](O)[C@@H](O)[C@@H](O[C@H]6[C@H](O)[C@@H](O)[C@@H](O[C@H]7[C@H](O)[C@@H](O)[C@@H](O[C@H]8[C@H](O)[C@@H](O)[C@@H](O[C@H]9[C@H](O)[C@@H](O)[C@@H](O[C@H]%10[C@H](O)[C@@H](O)[C@@H](O[C@H]2[C@H](O)[C@H]3O)O[C@@H]%10CO)O[C@@H]9COC(=O)CNS(=O)(=O)c2cccc3c(N(C)C)cccc23)O[C@@H]8CO)O[C@@H]7CO)O[C@@H]6CO)O[C@@H]5CO)O[C@@H]4CO)cc1. The van der Waals surface area contributed by atoms with Gasteiger partial charge in [-0.1, -0.05) is 42.0 Å².